The molecule has 10 heteroatoms. The Labute approximate surface area is 190 Å². The van der Waals surface area contributed by atoms with Crippen LogP contribution in [0.3, 0.4) is 0 Å². The average molecular weight is 461 g/mol. The maximum absolute atomic E-state index is 13.3. The molecule has 1 aliphatic heterocycles. The van der Waals surface area contributed by atoms with Gasteiger partial charge in [0.05, 0.1) is 11.7 Å². The van der Waals surface area contributed by atoms with Gasteiger partial charge in [0.15, 0.2) is 11.5 Å². The number of halogens is 2. The summed E-state index contributed by atoms with van der Waals surface area (Å²) in [6.45, 7) is 1.60. The fraction of sp³-hybridized carbons (Fsp3) is 0.190. The molecule has 0 radical (unpaired) electrons. The van der Waals surface area contributed by atoms with Gasteiger partial charge in [-0.2, -0.15) is 0 Å². The van der Waals surface area contributed by atoms with Gasteiger partial charge in [0.1, 0.15) is 23.3 Å². The normalized spacial score (nSPS) is 15.3. The lowest BCUT2D eigenvalue weighted by atomic mass is 10.2. The number of nitrogen functional groups attached to an aromatic ring is 1. The molecule has 162 valence electrons. The van der Waals surface area contributed by atoms with E-state index >= 15 is 0 Å². The van der Waals surface area contributed by atoms with Crippen LogP contribution in [-0.2, 0) is 0 Å². The largest absolute Gasteiger partial charge is 0.457 e. The van der Waals surface area contributed by atoms with Crippen molar-refractivity contribution in [3.8, 4) is 17.2 Å². The van der Waals surface area contributed by atoms with Crippen molar-refractivity contribution < 1.29 is 4.74 Å². The monoisotopic (exact) mass is 460 g/mol. The second-order valence-corrected chi connectivity index (χ2v) is 6.97. The molecule has 2 aromatic carbocycles. The van der Waals surface area contributed by atoms with Gasteiger partial charge in [-0.25, -0.2) is 14.8 Å². The third kappa shape index (κ3) is 4.10. The van der Waals surface area contributed by atoms with Crippen molar-refractivity contribution in [1.29, 1.82) is 0 Å². The summed E-state index contributed by atoms with van der Waals surface area (Å²) in [6, 6.07) is 16.9. The molecule has 5 rings (SSSR count). The van der Waals surface area contributed by atoms with Gasteiger partial charge in [-0.15, -0.1) is 24.8 Å². The van der Waals surface area contributed by atoms with E-state index in [2.05, 4.69) is 15.3 Å². The van der Waals surface area contributed by atoms with Crippen LogP contribution in [0.25, 0.3) is 16.9 Å². The van der Waals surface area contributed by atoms with Crippen molar-refractivity contribution >= 4 is 41.8 Å². The zero-order valence-corrected chi connectivity index (χ0v) is 18.1. The molecule has 1 saturated heterocycles. The third-order valence-corrected chi connectivity index (χ3v) is 5.15. The Bertz CT molecular complexity index is 1220. The van der Waals surface area contributed by atoms with Crippen molar-refractivity contribution in [2.75, 3.05) is 18.8 Å². The summed E-state index contributed by atoms with van der Waals surface area (Å²) in [4.78, 5) is 21.8. The van der Waals surface area contributed by atoms with E-state index in [-0.39, 0.29) is 42.4 Å². The number of ether oxygens (including phenoxy) is 1. The lowest BCUT2D eigenvalue weighted by Crippen LogP contribution is -2.28. The van der Waals surface area contributed by atoms with Crippen LogP contribution < -0.4 is 21.5 Å². The summed E-state index contributed by atoms with van der Waals surface area (Å²) in [5.41, 5.74) is 7.75. The Kier molecular flexibility index (Phi) is 6.84. The van der Waals surface area contributed by atoms with Gasteiger partial charge in [0.25, 0.3) is 0 Å². The molecule has 2 aromatic heterocycles. The van der Waals surface area contributed by atoms with E-state index < -0.39 is 0 Å². The van der Waals surface area contributed by atoms with Crippen LogP contribution in [0.1, 0.15) is 12.5 Å². The second-order valence-electron chi connectivity index (χ2n) is 6.97. The first-order valence-corrected chi connectivity index (χ1v) is 9.50. The molecule has 8 nitrogen and oxygen atoms in total. The molecule has 31 heavy (non-hydrogen) atoms. The molecule has 3 heterocycles. The second kappa shape index (κ2) is 9.38. The number of anilines is 1. The molecule has 1 fully saturated rings. The maximum Gasteiger partial charge on any atom is 0.335 e. The van der Waals surface area contributed by atoms with E-state index in [0.29, 0.717) is 22.6 Å². The van der Waals surface area contributed by atoms with Crippen LogP contribution >= 0.6 is 24.8 Å². The van der Waals surface area contributed by atoms with E-state index in [0.717, 1.165) is 25.3 Å². The molecule has 0 saturated carbocycles. The standard InChI is InChI=1S/C21H20N6O2.2ClH/c22-19-18-20(25-13-24-19)27(15-10-11-23-12-15)21(28)26(18)14-6-8-17(9-7-14)29-16-4-2-1-3-5-16;;/h1-9,13,15,23H,10-12H2,(H2,22,24,25);2*1H. The van der Waals surface area contributed by atoms with Gasteiger partial charge < -0.3 is 15.8 Å². The Morgan fingerprint density at radius 2 is 1.71 bits per heavy atom. The number of hydrogen-bond donors (Lipinski definition) is 2. The Balaban J connectivity index is 0.00000136. The molecule has 1 aliphatic rings. The molecule has 0 spiro atoms. The molecule has 1 atom stereocenters. The Morgan fingerprint density at radius 1 is 1.00 bits per heavy atom. The highest BCUT2D eigenvalue weighted by atomic mass is 35.5. The van der Waals surface area contributed by atoms with Crippen molar-refractivity contribution in [2.45, 2.75) is 12.5 Å². The third-order valence-electron chi connectivity index (χ3n) is 5.15. The number of imidazole rings is 1. The summed E-state index contributed by atoms with van der Waals surface area (Å²) in [7, 11) is 0. The number of nitrogens with zero attached hydrogens (tertiary/aromatic N) is 4. The molecule has 3 N–H and O–H groups in total. The highest BCUT2D eigenvalue weighted by Gasteiger charge is 2.26. The summed E-state index contributed by atoms with van der Waals surface area (Å²) in [6.07, 6.45) is 2.27. The van der Waals surface area contributed by atoms with E-state index in [1.807, 2.05) is 54.6 Å². The van der Waals surface area contributed by atoms with Gasteiger partial charge in [-0.1, -0.05) is 18.2 Å². The number of nitrogens with two attached hydrogens (primary N) is 1. The fourth-order valence-electron chi connectivity index (χ4n) is 3.78. The molecule has 4 aromatic rings. The first-order chi connectivity index (χ1) is 14.2. The highest BCUT2D eigenvalue weighted by molar-refractivity contribution is 5.86. The lowest BCUT2D eigenvalue weighted by molar-refractivity contribution is 0.482. The maximum atomic E-state index is 13.3. The highest BCUT2D eigenvalue weighted by Crippen LogP contribution is 2.27. The van der Waals surface area contributed by atoms with Gasteiger partial charge in [-0.05, 0) is 49.4 Å². The van der Waals surface area contributed by atoms with Crippen LogP contribution in [0.5, 0.6) is 11.5 Å². The van der Waals surface area contributed by atoms with E-state index in [9.17, 15) is 4.79 Å². The predicted octanol–water partition coefficient (Wildman–Crippen LogP) is 3.33. The van der Waals surface area contributed by atoms with Gasteiger partial charge in [0, 0.05) is 6.54 Å². The number of aromatic nitrogens is 4. The minimum absolute atomic E-state index is 0. The van der Waals surface area contributed by atoms with Crippen molar-refractivity contribution in [2.24, 2.45) is 0 Å². The zero-order chi connectivity index (χ0) is 19.8. The van der Waals surface area contributed by atoms with Crippen LogP contribution in [0.15, 0.2) is 65.7 Å². The molecule has 0 aliphatic carbocycles. The molecule has 1 unspecified atom stereocenters. The van der Waals surface area contributed by atoms with Crippen LogP contribution in [-0.4, -0.2) is 32.2 Å². The van der Waals surface area contributed by atoms with Gasteiger partial charge >= 0.3 is 5.69 Å². The van der Waals surface area contributed by atoms with Crippen LogP contribution in [0.2, 0.25) is 0 Å². The minimum atomic E-state index is -0.169. The zero-order valence-electron chi connectivity index (χ0n) is 16.5. The quantitative estimate of drug-likeness (QED) is 0.484. The number of hydrogen-bond acceptors (Lipinski definition) is 6. The van der Waals surface area contributed by atoms with E-state index in [1.165, 1.54) is 6.33 Å². The van der Waals surface area contributed by atoms with Crippen LogP contribution in [0.4, 0.5) is 5.82 Å². The minimum Gasteiger partial charge on any atom is -0.457 e. The average Bonchev–Trinajstić information content (AvgIpc) is 3.36. The smallest absolute Gasteiger partial charge is 0.335 e. The molecular formula is C21H22Cl2N6O2. The van der Waals surface area contributed by atoms with Crippen molar-refractivity contribution in [1.82, 2.24) is 24.4 Å². The molecular weight excluding hydrogens is 439 g/mol. The first kappa shape index (κ1) is 22.6. The summed E-state index contributed by atoms with van der Waals surface area (Å²) in [5, 5.41) is 3.30. The molecule has 0 amide bonds. The Morgan fingerprint density at radius 3 is 2.39 bits per heavy atom. The molecule has 0 bridgehead atoms. The number of para-hydroxylation sites is 1. The lowest BCUT2D eigenvalue weighted by Gasteiger charge is -2.09. The van der Waals surface area contributed by atoms with Gasteiger partial charge in [-0.3, -0.25) is 9.13 Å². The SMILES string of the molecule is Cl.Cl.Nc1ncnc2c1n(-c1ccc(Oc3ccccc3)cc1)c(=O)n2C1CCNC1. The van der Waals surface area contributed by atoms with E-state index in [1.54, 1.807) is 9.13 Å². The van der Waals surface area contributed by atoms with Gasteiger partial charge in [0.2, 0.25) is 0 Å². The van der Waals surface area contributed by atoms with Crippen molar-refractivity contribution in [3.63, 3.8) is 0 Å². The summed E-state index contributed by atoms with van der Waals surface area (Å²) >= 11 is 0. The predicted molar refractivity (Wildman–Crippen MR) is 125 cm³/mol. The van der Waals surface area contributed by atoms with Crippen LogP contribution in [0, 0.1) is 0 Å². The van der Waals surface area contributed by atoms with Crippen molar-refractivity contribution in [3.05, 3.63) is 71.4 Å². The first-order valence-electron chi connectivity index (χ1n) is 9.50. The number of nitrogens with one attached hydrogen (secondary N) is 1. The summed E-state index contributed by atoms with van der Waals surface area (Å²) < 4.78 is 9.15. The number of benzene rings is 2. The topological polar surface area (TPSA) is 100.0 Å². The number of rotatable bonds is 4. The number of fused-ring (bicyclic) bond motifs is 1. The fourth-order valence-corrected chi connectivity index (χ4v) is 3.78. The summed E-state index contributed by atoms with van der Waals surface area (Å²) in [5.74, 6) is 1.71. The van der Waals surface area contributed by atoms with E-state index in [4.69, 9.17) is 10.5 Å². The Hall–Kier alpha value is -3.07.